The van der Waals surface area contributed by atoms with E-state index in [0.29, 0.717) is 18.8 Å². The minimum Gasteiger partial charge on any atom is -0.301 e. The van der Waals surface area contributed by atoms with Gasteiger partial charge in [0.15, 0.2) is 0 Å². The van der Waals surface area contributed by atoms with Crippen LogP contribution < -0.4 is 4.72 Å². The van der Waals surface area contributed by atoms with Gasteiger partial charge in [-0.2, -0.15) is 0 Å². The largest absolute Gasteiger partial charge is 0.301 e. The van der Waals surface area contributed by atoms with Crippen LogP contribution in [0.3, 0.4) is 0 Å². The average Bonchev–Trinajstić information content (AvgIpc) is 2.59. The fraction of sp³-hybridized carbons (Fsp3) is 0.647. The van der Waals surface area contributed by atoms with E-state index in [0.717, 1.165) is 45.7 Å². The first-order valence-corrected chi connectivity index (χ1v) is 10.8. The molecule has 0 atom stereocenters. The van der Waals surface area contributed by atoms with E-state index in [4.69, 9.17) is 11.6 Å². The summed E-state index contributed by atoms with van der Waals surface area (Å²) in [6.45, 7) is 6.69. The fourth-order valence-corrected chi connectivity index (χ4v) is 4.28. The van der Waals surface area contributed by atoms with Gasteiger partial charge in [0.2, 0.25) is 10.0 Å². The Morgan fingerprint density at radius 2 is 1.67 bits per heavy atom. The standard InChI is InChI=1S/C17H28ClN3O2S/c18-8-4-15-24(22,23)19-9-5-10-20-11-13-21(14-12-20)16-17-6-2-1-3-7-17/h1-3,6-7,19H,4-5,8-16H2. The Bertz CT molecular complexity index is 560. The lowest BCUT2D eigenvalue weighted by Gasteiger charge is -2.34. The summed E-state index contributed by atoms with van der Waals surface area (Å²) in [6, 6.07) is 10.6. The van der Waals surface area contributed by atoms with Crippen LogP contribution in [0.4, 0.5) is 0 Å². The van der Waals surface area contributed by atoms with Gasteiger partial charge in [0.05, 0.1) is 5.75 Å². The maximum absolute atomic E-state index is 11.7. The number of benzene rings is 1. The van der Waals surface area contributed by atoms with Gasteiger partial charge < -0.3 is 4.90 Å². The zero-order chi connectivity index (χ0) is 17.3. The van der Waals surface area contributed by atoms with Gasteiger partial charge in [-0.15, -0.1) is 11.6 Å². The molecule has 1 aliphatic heterocycles. The number of hydrogen-bond acceptors (Lipinski definition) is 4. The number of hydrogen-bond donors (Lipinski definition) is 1. The van der Waals surface area contributed by atoms with E-state index in [1.54, 1.807) is 0 Å². The van der Waals surface area contributed by atoms with Gasteiger partial charge in [-0.1, -0.05) is 30.3 Å². The topological polar surface area (TPSA) is 52.7 Å². The quantitative estimate of drug-likeness (QED) is 0.501. The van der Waals surface area contributed by atoms with Crippen molar-refractivity contribution in [3.8, 4) is 0 Å². The third-order valence-electron chi connectivity index (χ3n) is 4.23. The zero-order valence-electron chi connectivity index (χ0n) is 14.2. The van der Waals surface area contributed by atoms with Crippen LogP contribution >= 0.6 is 11.6 Å². The molecule has 24 heavy (non-hydrogen) atoms. The minimum atomic E-state index is -3.15. The predicted molar refractivity (Wildman–Crippen MR) is 99.9 cm³/mol. The van der Waals surface area contributed by atoms with Crippen molar-refractivity contribution in [3.05, 3.63) is 35.9 Å². The van der Waals surface area contributed by atoms with Gasteiger partial charge in [-0.3, -0.25) is 4.90 Å². The smallest absolute Gasteiger partial charge is 0.211 e. The maximum Gasteiger partial charge on any atom is 0.211 e. The highest BCUT2D eigenvalue weighted by atomic mass is 35.5. The number of alkyl halides is 1. The molecule has 0 saturated carbocycles. The van der Waals surface area contributed by atoms with Crippen molar-refractivity contribution >= 4 is 21.6 Å². The summed E-state index contributed by atoms with van der Waals surface area (Å²) in [6.07, 6.45) is 1.35. The number of halogens is 1. The first kappa shape index (κ1) is 19.7. The molecule has 136 valence electrons. The Labute approximate surface area is 151 Å². The van der Waals surface area contributed by atoms with E-state index >= 15 is 0 Å². The molecule has 1 fully saturated rings. The molecule has 1 aliphatic rings. The van der Waals surface area contributed by atoms with E-state index in [9.17, 15) is 8.42 Å². The van der Waals surface area contributed by atoms with Crippen molar-refractivity contribution < 1.29 is 8.42 Å². The van der Waals surface area contributed by atoms with Crippen LogP contribution in [0.1, 0.15) is 18.4 Å². The summed E-state index contributed by atoms with van der Waals surface area (Å²) in [5.74, 6) is 0.503. The fourth-order valence-electron chi connectivity index (χ4n) is 2.86. The predicted octanol–water partition coefficient (Wildman–Crippen LogP) is 1.74. The molecule has 1 aromatic rings. The summed E-state index contributed by atoms with van der Waals surface area (Å²) in [4.78, 5) is 4.88. The summed E-state index contributed by atoms with van der Waals surface area (Å²) in [5, 5.41) is 0. The van der Waals surface area contributed by atoms with Crippen LogP contribution in [-0.4, -0.2) is 69.1 Å². The molecule has 2 rings (SSSR count). The minimum absolute atomic E-state index is 0.120. The van der Waals surface area contributed by atoms with Crippen molar-refractivity contribution in [2.75, 3.05) is 50.9 Å². The Morgan fingerprint density at radius 3 is 2.33 bits per heavy atom. The number of nitrogens with zero attached hydrogens (tertiary/aromatic N) is 2. The van der Waals surface area contributed by atoms with Crippen LogP contribution in [0.15, 0.2) is 30.3 Å². The number of sulfonamides is 1. The highest BCUT2D eigenvalue weighted by Crippen LogP contribution is 2.08. The van der Waals surface area contributed by atoms with Crippen molar-refractivity contribution in [2.24, 2.45) is 0 Å². The normalized spacial score (nSPS) is 17.2. The van der Waals surface area contributed by atoms with Gasteiger partial charge in [0, 0.05) is 45.1 Å². The molecule has 0 radical (unpaired) electrons. The molecule has 0 bridgehead atoms. The molecular weight excluding hydrogens is 346 g/mol. The Balaban J connectivity index is 1.58. The Hall–Kier alpha value is -0.660. The lowest BCUT2D eigenvalue weighted by atomic mass is 10.2. The molecule has 1 saturated heterocycles. The number of piperazine rings is 1. The van der Waals surface area contributed by atoms with Crippen molar-refractivity contribution in [2.45, 2.75) is 19.4 Å². The van der Waals surface area contributed by atoms with Gasteiger partial charge in [-0.25, -0.2) is 13.1 Å². The third kappa shape index (κ3) is 7.49. The van der Waals surface area contributed by atoms with E-state index < -0.39 is 10.0 Å². The Kier molecular flexibility index (Phi) is 8.49. The van der Waals surface area contributed by atoms with Crippen LogP contribution in [0, 0.1) is 0 Å². The second kappa shape index (κ2) is 10.4. The highest BCUT2D eigenvalue weighted by Gasteiger charge is 2.16. The highest BCUT2D eigenvalue weighted by molar-refractivity contribution is 7.89. The molecule has 1 N–H and O–H groups in total. The van der Waals surface area contributed by atoms with Crippen LogP contribution in [0.5, 0.6) is 0 Å². The summed E-state index contributed by atoms with van der Waals surface area (Å²) in [7, 11) is -3.15. The van der Waals surface area contributed by atoms with E-state index in [1.807, 2.05) is 6.07 Å². The first-order chi connectivity index (χ1) is 11.6. The lowest BCUT2D eigenvalue weighted by Crippen LogP contribution is -2.46. The third-order valence-corrected chi connectivity index (χ3v) is 5.97. The van der Waals surface area contributed by atoms with Gasteiger partial charge in [-0.05, 0) is 24.9 Å². The second-order valence-electron chi connectivity index (χ2n) is 6.21. The maximum atomic E-state index is 11.7. The number of nitrogens with one attached hydrogen (secondary N) is 1. The van der Waals surface area contributed by atoms with Crippen LogP contribution in [0.25, 0.3) is 0 Å². The summed E-state index contributed by atoms with van der Waals surface area (Å²) in [5.41, 5.74) is 1.36. The molecule has 0 unspecified atom stereocenters. The summed E-state index contributed by atoms with van der Waals surface area (Å²) < 4.78 is 26.0. The molecule has 0 spiro atoms. The van der Waals surface area contributed by atoms with Crippen molar-refractivity contribution in [1.82, 2.24) is 14.5 Å². The Morgan fingerprint density at radius 1 is 1.00 bits per heavy atom. The molecule has 5 nitrogen and oxygen atoms in total. The molecule has 0 amide bonds. The molecule has 7 heteroatoms. The zero-order valence-corrected chi connectivity index (χ0v) is 15.7. The van der Waals surface area contributed by atoms with E-state index in [1.165, 1.54) is 5.56 Å². The van der Waals surface area contributed by atoms with Crippen molar-refractivity contribution in [3.63, 3.8) is 0 Å². The monoisotopic (exact) mass is 373 g/mol. The van der Waals surface area contributed by atoms with Crippen molar-refractivity contribution in [1.29, 1.82) is 0 Å². The molecule has 0 aliphatic carbocycles. The van der Waals surface area contributed by atoms with E-state index in [-0.39, 0.29) is 5.75 Å². The average molecular weight is 374 g/mol. The SMILES string of the molecule is O=S(=O)(CCCCl)NCCCN1CCN(Cc2ccccc2)CC1. The number of rotatable bonds is 10. The molecule has 1 heterocycles. The lowest BCUT2D eigenvalue weighted by molar-refractivity contribution is 0.126. The second-order valence-corrected chi connectivity index (χ2v) is 8.52. The van der Waals surface area contributed by atoms with E-state index in [2.05, 4.69) is 38.8 Å². The van der Waals surface area contributed by atoms with Gasteiger partial charge in [0.25, 0.3) is 0 Å². The van der Waals surface area contributed by atoms with Crippen LogP contribution in [0.2, 0.25) is 0 Å². The van der Waals surface area contributed by atoms with Crippen LogP contribution in [-0.2, 0) is 16.6 Å². The van der Waals surface area contributed by atoms with Gasteiger partial charge in [0.1, 0.15) is 0 Å². The first-order valence-electron chi connectivity index (χ1n) is 8.61. The van der Waals surface area contributed by atoms with Gasteiger partial charge >= 0.3 is 0 Å². The molecular formula is C17H28ClN3O2S. The molecule has 0 aromatic heterocycles. The molecule has 1 aromatic carbocycles. The summed E-state index contributed by atoms with van der Waals surface area (Å²) >= 11 is 5.53.